The number of hydrogen-bond acceptors (Lipinski definition) is 4. The minimum Gasteiger partial charge on any atom is -0.493 e. The number of carbonyl (C=O) groups excluding carboxylic acids is 1. The third kappa shape index (κ3) is 2.59. The maximum absolute atomic E-state index is 10.9. The lowest BCUT2D eigenvalue weighted by Crippen LogP contribution is -2.33. The minimum atomic E-state index is -0.00651. The average Bonchev–Trinajstić information content (AvgIpc) is 2.42. The molecule has 0 fully saturated rings. The van der Waals surface area contributed by atoms with Gasteiger partial charge in [0.05, 0.1) is 6.61 Å². The first kappa shape index (κ1) is 12.1. The van der Waals surface area contributed by atoms with Crippen molar-refractivity contribution in [2.45, 2.75) is 13.3 Å². The zero-order valence-electron chi connectivity index (χ0n) is 10.9. The van der Waals surface area contributed by atoms with Crippen LogP contribution in [0.15, 0.2) is 12.1 Å². The van der Waals surface area contributed by atoms with Gasteiger partial charge in [0.25, 0.3) is 0 Å². The summed E-state index contributed by atoms with van der Waals surface area (Å²) < 4.78 is 16.9. The summed E-state index contributed by atoms with van der Waals surface area (Å²) in [5, 5.41) is 2.83. The Balaban J connectivity index is 1.75. The van der Waals surface area contributed by atoms with Crippen LogP contribution in [0.1, 0.15) is 12.5 Å². The fourth-order valence-electron chi connectivity index (χ4n) is 2.40. The molecule has 0 saturated heterocycles. The number of nitrogens with one attached hydrogen (secondary N) is 1. The van der Waals surface area contributed by atoms with Crippen LogP contribution in [-0.2, 0) is 11.2 Å². The highest BCUT2D eigenvalue weighted by atomic mass is 16.6. The number of ether oxygens (including phenoxy) is 3. The van der Waals surface area contributed by atoms with Crippen LogP contribution in [0, 0.1) is 5.92 Å². The van der Waals surface area contributed by atoms with E-state index in [0.29, 0.717) is 32.3 Å². The monoisotopic (exact) mass is 263 g/mol. The van der Waals surface area contributed by atoms with E-state index in [4.69, 9.17) is 14.2 Å². The molecule has 1 N–H and O–H groups in total. The van der Waals surface area contributed by atoms with Crippen LogP contribution in [0.3, 0.4) is 0 Å². The van der Waals surface area contributed by atoms with Crippen molar-refractivity contribution in [2.75, 3.05) is 26.4 Å². The summed E-state index contributed by atoms with van der Waals surface area (Å²) in [6, 6.07) is 3.89. The van der Waals surface area contributed by atoms with Gasteiger partial charge >= 0.3 is 0 Å². The van der Waals surface area contributed by atoms with Crippen molar-refractivity contribution in [1.29, 1.82) is 0 Å². The molecule has 0 spiro atoms. The Morgan fingerprint density at radius 3 is 2.68 bits per heavy atom. The Morgan fingerprint density at radius 1 is 1.21 bits per heavy atom. The molecule has 1 aromatic rings. The van der Waals surface area contributed by atoms with Crippen LogP contribution in [0.5, 0.6) is 17.2 Å². The molecule has 5 nitrogen and oxygen atoms in total. The highest BCUT2D eigenvalue weighted by Gasteiger charge is 2.24. The summed E-state index contributed by atoms with van der Waals surface area (Å²) in [4.78, 5) is 10.9. The lowest BCUT2D eigenvalue weighted by atomic mass is 9.96. The largest absolute Gasteiger partial charge is 0.493 e. The quantitative estimate of drug-likeness (QED) is 0.869. The summed E-state index contributed by atoms with van der Waals surface area (Å²) in [5.74, 6) is 2.70. The first-order valence-corrected chi connectivity index (χ1v) is 6.52. The van der Waals surface area contributed by atoms with Crippen molar-refractivity contribution < 1.29 is 19.0 Å². The van der Waals surface area contributed by atoms with E-state index in [-0.39, 0.29) is 5.91 Å². The fourth-order valence-corrected chi connectivity index (χ4v) is 2.40. The van der Waals surface area contributed by atoms with Crippen LogP contribution in [-0.4, -0.2) is 32.3 Å². The molecule has 0 aromatic heterocycles. The second kappa shape index (κ2) is 4.99. The smallest absolute Gasteiger partial charge is 0.216 e. The molecule has 5 heteroatoms. The number of rotatable bonds is 2. The van der Waals surface area contributed by atoms with Crippen molar-refractivity contribution in [3.63, 3.8) is 0 Å². The molecule has 19 heavy (non-hydrogen) atoms. The van der Waals surface area contributed by atoms with Crippen LogP contribution in [0.25, 0.3) is 0 Å². The molecular weight excluding hydrogens is 246 g/mol. The molecule has 2 aliphatic heterocycles. The maximum atomic E-state index is 10.9. The van der Waals surface area contributed by atoms with Gasteiger partial charge in [0.1, 0.15) is 19.0 Å². The number of benzene rings is 1. The second-order valence-corrected chi connectivity index (χ2v) is 4.92. The van der Waals surface area contributed by atoms with E-state index in [9.17, 15) is 4.79 Å². The average molecular weight is 263 g/mol. The van der Waals surface area contributed by atoms with Gasteiger partial charge in [-0.15, -0.1) is 0 Å². The first-order valence-electron chi connectivity index (χ1n) is 6.52. The molecular formula is C14H17NO4. The van der Waals surface area contributed by atoms with Gasteiger partial charge in [0.15, 0.2) is 11.5 Å². The van der Waals surface area contributed by atoms with E-state index in [1.165, 1.54) is 6.92 Å². The summed E-state index contributed by atoms with van der Waals surface area (Å²) in [6.45, 7) is 3.95. The molecule has 2 aliphatic rings. The molecule has 0 bridgehead atoms. The van der Waals surface area contributed by atoms with Crippen molar-refractivity contribution >= 4 is 5.91 Å². The van der Waals surface area contributed by atoms with E-state index >= 15 is 0 Å². The van der Waals surface area contributed by atoms with Crippen LogP contribution < -0.4 is 19.5 Å². The van der Waals surface area contributed by atoms with E-state index in [2.05, 4.69) is 5.32 Å². The van der Waals surface area contributed by atoms with Crippen LogP contribution in [0.2, 0.25) is 0 Å². The number of fused-ring (bicyclic) bond motifs is 2. The molecule has 1 amide bonds. The SMILES string of the molecule is CC(=O)NCC1COc2cc3c(cc2C1)OCCO3. The van der Waals surface area contributed by atoms with Gasteiger partial charge in [-0.1, -0.05) is 0 Å². The van der Waals surface area contributed by atoms with Gasteiger partial charge < -0.3 is 19.5 Å². The molecule has 102 valence electrons. The molecule has 0 aliphatic carbocycles. The lowest BCUT2D eigenvalue weighted by molar-refractivity contribution is -0.119. The van der Waals surface area contributed by atoms with Gasteiger partial charge in [0.2, 0.25) is 5.91 Å². The topological polar surface area (TPSA) is 56.8 Å². The summed E-state index contributed by atoms with van der Waals surface area (Å²) >= 11 is 0. The second-order valence-electron chi connectivity index (χ2n) is 4.92. The van der Waals surface area contributed by atoms with Crippen molar-refractivity contribution in [3.8, 4) is 17.2 Å². The van der Waals surface area contributed by atoms with Crippen molar-refractivity contribution in [3.05, 3.63) is 17.7 Å². The molecule has 3 rings (SSSR count). The molecule has 2 heterocycles. The van der Waals surface area contributed by atoms with Crippen LogP contribution >= 0.6 is 0 Å². The summed E-state index contributed by atoms with van der Waals surface area (Å²) in [7, 11) is 0. The Hall–Kier alpha value is -1.91. The van der Waals surface area contributed by atoms with Crippen molar-refractivity contribution in [2.24, 2.45) is 5.92 Å². The normalized spacial score (nSPS) is 20.2. The third-order valence-electron chi connectivity index (χ3n) is 3.35. The third-order valence-corrected chi connectivity index (χ3v) is 3.35. The number of amides is 1. The zero-order valence-corrected chi connectivity index (χ0v) is 10.9. The van der Waals surface area contributed by atoms with E-state index < -0.39 is 0 Å². The zero-order chi connectivity index (χ0) is 13.2. The van der Waals surface area contributed by atoms with Gasteiger partial charge in [-0.2, -0.15) is 0 Å². The maximum Gasteiger partial charge on any atom is 0.216 e. The molecule has 1 unspecified atom stereocenters. The van der Waals surface area contributed by atoms with Crippen LogP contribution in [0.4, 0.5) is 0 Å². The summed E-state index contributed by atoms with van der Waals surface area (Å²) in [6.07, 6.45) is 0.881. The predicted molar refractivity (Wildman–Crippen MR) is 68.8 cm³/mol. The van der Waals surface area contributed by atoms with Gasteiger partial charge in [-0.05, 0) is 18.1 Å². The van der Waals surface area contributed by atoms with E-state index in [1.807, 2.05) is 12.1 Å². The Labute approximate surface area is 111 Å². The molecule has 1 atom stereocenters. The Morgan fingerprint density at radius 2 is 1.95 bits per heavy atom. The van der Waals surface area contributed by atoms with E-state index in [1.54, 1.807) is 0 Å². The highest BCUT2D eigenvalue weighted by Crippen LogP contribution is 2.39. The van der Waals surface area contributed by atoms with Crippen molar-refractivity contribution in [1.82, 2.24) is 5.32 Å². The minimum absolute atomic E-state index is 0.00651. The lowest BCUT2D eigenvalue weighted by Gasteiger charge is -2.28. The Kier molecular flexibility index (Phi) is 3.19. The van der Waals surface area contributed by atoms with Gasteiger partial charge in [-0.3, -0.25) is 4.79 Å². The number of carbonyl (C=O) groups is 1. The molecule has 0 saturated carbocycles. The predicted octanol–water partition coefficient (Wildman–Crippen LogP) is 1.15. The standard InChI is InChI=1S/C14H17NO4/c1-9(16)15-7-10-4-11-5-13-14(18-3-2-17-13)6-12(11)19-8-10/h5-6,10H,2-4,7-8H2,1H3,(H,15,16). The summed E-state index contributed by atoms with van der Waals surface area (Å²) in [5.41, 5.74) is 1.12. The first-order chi connectivity index (χ1) is 9.22. The van der Waals surface area contributed by atoms with E-state index in [0.717, 1.165) is 29.2 Å². The molecule has 0 radical (unpaired) electrons. The number of hydrogen-bond donors (Lipinski definition) is 1. The van der Waals surface area contributed by atoms with Gasteiger partial charge in [-0.25, -0.2) is 0 Å². The fraction of sp³-hybridized carbons (Fsp3) is 0.500. The highest BCUT2D eigenvalue weighted by molar-refractivity contribution is 5.72. The Bertz CT molecular complexity index is 500. The van der Waals surface area contributed by atoms with Gasteiger partial charge in [0, 0.05) is 25.5 Å². The molecule has 1 aromatic carbocycles.